The van der Waals surface area contributed by atoms with E-state index in [2.05, 4.69) is 15.5 Å². The Bertz CT molecular complexity index is 818. The van der Waals surface area contributed by atoms with Crippen molar-refractivity contribution >= 4 is 56.4 Å². The predicted octanol–water partition coefficient (Wildman–Crippen LogP) is 3.75. The summed E-state index contributed by atoms with van der Waals surface area (Å²) in [6.45, 7) is 2.10. The highest BCUT2D eigenvalue weighted by Crippen LogP contribution is 2.37. The summed E-state index contributed by atoms with van der Waals surface area (Å²) >= 11 is 4.03. The zero-order valence-corrected chi connectivity index (χ0v) is 17.5. The maximum absolute atomic E-state index is 12.6. The molecule has 0 saturated carbocycles. The fraction of sp³-hybridized carbons (Fsp3) is 0.529. The van der Waals surface area contributed by atoms with Crippen LogP contribution >= 0.6 is 34.4 Å². The zero-order chi connectivity index (χ0) is 19.2. The predicted molar refractivity (Wildman–Crippen MR) is 110 cm³/mol. The van der Waals surface area contributed by atoms with Gasteiger partial charge in [-0.2, -0.15) is 0 Å². The molecule has 27 heavy (non-hydrogen) atoms. The van der Waals surface area contributed by atoms with Gasteiger partial charge in [-0.1, -0.05) is 35.9 Å². The molecular weight excluding hydrogens is 404 g/mol. The van der Waals surface area contributed by atoms with Gasteiger partial charge in [0.1, 0.15) is 5.00 Å². The van der Waals surface area contributed by atoms with Gasteiger partial charge in [0, 0.05) is 4.88 Å². The van der Waals surface area contributed by atoms with Crippen molar-refractivity contribution in [3.8, 4) is 0 Å². The number of aromatic nitrogens is 2. The number of amides is 1. The summed E-state index contributed by atoms with van der Waals surface area (Å²) in [5.41, 5.74) is 7.15. The Morgan fingerprint density at radius 3 is 2.67 bits per heavy atom. The molecule has 3 rings (SSSR count). The largest absolute Gasteiger partial charge is 0.462 e. The van der Waals surface area contributed by atoms with Gasteiger partial charge in [-0.25, -0.2) is 4.79 Å². The number of aryl methyl sites for hydroxylation is 1. The molecule has 0 spiro atoms. The van der Waals surface area contributed by atoms with Crippen molar-refractivity contribution in [3.63, 3.8) is 0 Å². The topological polar surface area (TPSA) is 107 Å². The minimum absolute atomic E-state index is 0.180. The maximum atomic E-state index is 12.6. The lowest BCUT2D eigenvalue weighted by molar-refractivity contribution is -0.113. The molecule has 1 amide bonds. The lowest BCUT2D eigenvalue weighted by Crippen LogP contribution is -2.17. The van der Waals surface area contributed by atoms with E-state index in [1.165, 1.54) is 52.2 Å². The van der Waals surface area contributed by atoms with Crippen molar-refractivity contribution in [1.82, 2.24) is 10.2 Å². The van der Waals surface area contributed by atoms with Crippen LogP contribution in [0.25, 0.3) is 0 Å². The number of nitrogens with two attached hydrogens (primary N) is 1. The standard InChI is InChI=1S/C17H22N4O3S3/c1-2-24-15(23)13-10-7-5-3-4-6-8-11(10)26-14(13)19-12(22)9-25-17-21-20-16(18)27-17/h2-9H2,1H3,(H2,18,20)(H,19,22). The second kappa shape index (κ2) is 9.52. The van der Waals surface area contributed by atoms with Gasteiger partial charge < -0.3 is 15.8 Å². The molecule has 0 aromatic carbocycles. The number of nitrogen functional groups attached to an aromatic ring is 1. The van der Waals surface area contributed by atoms with Crippen LogP contribution < -0.4 is 11.1 Å². The lowest BCUT2D eigenvalue weighted by atomic mass is 9.96. The number of thiophene rings is 1. The number of hydrogen-bond donors (Lipinski definition) is 2. The summed E-state index contributed by atoms with van der Waals surface area (Å²) in [7, 11) is 0. The number of carbonyl (C=O) groups excluding carboxylic acids is 2. The number of fused-ring (bicyclic) bond motifs is 1. The third kappa shape index (κ3) is 5.20. The number of nitrogens with one attached hydrogen (secondary N) is 1. The third-order valence-corrected chi connectivity index (χ3v) is 7.25. The maximum Gasteiger partial charge on any atom is 0.341 e. The first-order valence-corrected chi connectivity index (χ1v) is 11.5. The molecule has 0 saturated heterocycles. The van der Waals surface area contributed by atoms with Gasteiger partial charge in [-0.3, -0.25) is 4.79 Å². The van der Waals surface area contributed by atoms with Crippen molar-refractivity contribution in [1.29, 1.82) is 0 Å². The van der Waals surface area contributed by atoms with Crippen LogP contribution in [-0.2, 0) is 22.4 Å². The second-order valence-electron chi connectivity index (χ2n) is 6.09. The van der Waals surface area contributed by atoms with Crippen molar-refractivity contribution < 1.29 is 14.3 Å². The number of thioether (sulfide) groups is 1. The number of anilines is 2. The van der Waals surface area contributed by atoms with E-state index in [1.807, 2.05) is 0 Å². The molecule has 3 N–H and O–H groups in total. The van der Waals surface area contributed by atoms with Gasteiger partial charge >= 0.3 is 5.97 Å². The number of hydrogen-bond acceptors (Lipinski definition) is 9. The molecule has 7 nitrogen and oxygen atoms in total. The SMILES string of the molecule is CCOC(=O)c1c(NC(=O)CSc2nnc(N)s2)sc2c1CCCCCC2. The molecule has 2 aromatic heterocycles. The Kier molecular flexibility index (Phi) is 7.08. The zero-order valence-electron chi connectivity index (χ0n) is 15.1. The smallest absolute Gasteiger partial charge is 0.341 e. The van der Waals surface area contributed by atoms with Crippen molar-refractivity contribution in [3.05, 3.63) is 16.0 Å². The van der Waals surface area contributed by atoms with Crippen molar-refractivity contribution in [2.75, 3.05) is 23.4 Å². The molecule has 2 heterocycles. The Labute approximate surface area is 170 Å². The summed E-state index contributed by atoms with van der Waals surface area (Å²) in [6.07, 6.45) is 6.33. The summed E-state index contributed by atoms with van der Waals surface area (Å²) in [5.74, 6) is -0.358. The van der Waals surface area contributed by atoms with E-state index < -0.39 is 0 Å². The van der Waals surface area contributed by atoms with Gasteiger partial charge in [0.25, 0.3) is 0 Å². The minimum atomic E-state index is -0.351. The number of ether oxygens (including phenoxy) is 1. The summed E-state index contributed by atoms with van der Waals surface area (Å²) < 4.78 is 5.90. The Morgan fingerprint density at radius 2 is 1.96 bits per heavy atom. The van der Waals surface area contributed by atoms with E-state index in [0.717, 1.165) is 31.2 Å². The first-order chi connectivity index (χ1) is 13.1. The molecule has 0 fully saturated rings. The molecule has 1 aliphatic carbocycles. The van der Waals surface area contributed by atoms with E-state index >= 15 is 0 Å². The number of carbonyl (C=O) groups is 2. The molecule has 1 aliphatic rings. The molecular formula is C17H22N4O3S3. The molecule has 146 valence electrons. The van der Waals surface area contributed by atoms with Crippen LogP contribution in [0.2, 0.25) is 0 Å². The number of esters is 1. The minimum Gasteiger partial charge on any atom is -0.462 e. The van der Waals surface area contributed by atoms with Crippen LogP contribution in [0.3, 0.4) is 0 Å². The van der Waals surface area contributed by atoms with E-state index in [0.29, 0.717) is 26.6 Å². The monoisotopic (exact) mass is 426 g/mol. The molecule has 0 aliphatic heterocycles. The van der Waals surface area contributed by atoms with Gasteiger partial charge in [-0.05, 0) is 38.2 Å². The van der Waals surface area contributed by atoms with Crippen molar-refractivity contribution in [2.45, 2.75) is 49.8 Å². The normalized spacial score (nSPS) is 14.1. The van der Waals surface area contributed by atoms with Crippen LogP contribution in [0.1, 0.15) is 53.4 Å². The highest BCUT2D eigenvalue weighted by molar-refractivity contribution is 8.01. The quantitative estimate of drug-likeness (QED) is 0.535. The molecule has 0 bridgehead atoms. The van der Waals surface area contributed by atoms with Crippen LogP contribution in [0, 0.1) is 0 Å². The Morgan fingerprint density at radius 1 is 1.19 bits per heavy atom. The fourth-order valence-corrected chi connectivity index (χ4v) is 5.73. The molecule has 0 unspecified atom stereocenters. The van der Waals surface area contributed by atoms with Crippen LogP contribution in [0.5, 0.6) is 0 Å². The number of nitrogens with zero attached hydrogens (tertiary/aromatic N) is 2. The average molecular weight is 427 g/mol. The van der Waals surface area contributed by atoms with Crippen molar-refractivity contribution in [2.24, 2.45) is 0 Å². The van der Waals surface area contributed by atoms with Crippen LogP contribution in [0.4, 0.5) is 10.1 Å². The van der Waals surface area contributed by atoms with Gasteiger partial charge in [-0.15, -0.1) is 21.5 Å². The summed E-state index contributed by atoms with van der Waals surface area (Å²) in [5, 5.41) is 11.5. The molecule has 0 radical (unpaired) electrons. The highest BCUT2D eigenvalue weighted by atomic mass is 32.2. The first-order valence-electron chi connectivity index (χ1n) is 8.91. The van der Waals surface area contributed by atoms with E-state index in [1.54, 1.807) is 6.92 Å². The number of rotatable bonds is 6. The van der Waals surface area contributed by atoms with Gasteiger partial charge in [0.05, 0.1) is 17.9 Å². The van der Waals surface area contributed by atoms with Gasteiger partial charge in [0.15, 0.2) is 4.34 Å². The Hall–Kier alpha value is -1.65. The van der Waals surface area contributed by atoms with Crippen LogP contribution in [-0.4, -0.2) is 34.4 Å². The van der Waals surface area contributed by atoms with Gasteiger partial charge in [0.2, 0.25) is 11.0 Å². The first kappa shape index (κ1) is 20.1. The molecule has 0 atom stereocenters. The highest BCUT2D eigenvalue weighted by Gasteiger charge is 2.26. The summed E-state index contributed by atoms with van der Waals surface area (Å²) in [6, 6.07) is 0. The fourth-order valence-electron chi connectivity index (χ4n) is 3.00. The summed E-state index contributed by atoms with van der Waals surface area (Å²) in [4.78, 5) is 26.2. The Balaban J connectivity index is 1.77. The van der Waals surface area contributed by atoms with E-state index in [9.17, 15) is 9.59 Å². The third-order valence-electron chi connectivity index (χ3n) is 4.15. The second-order valence-corrected chi connectivity index (χ2v) is 9.42. The average Bonchev–Trinajstić information content (AvgIpc) is 3.17. The van der Waals surface area contributed by atoms with E-state index in [-0.39, 0.29) is 17.6 Å². The van der Waals surface area contributed by atoms with Crippen LogP contribution in [0.15, 0.2) is 4.34 Å². The lowest BCUT2D eigenvalue weighted by Gasteiger charge is -2.11. The molecule has 2 aromatic rings. The molecule has 10 heteroatoms. The van der Waals surface area contributed by atoms with E-state index in [4.69, 9.17) is 10.5 Å².